The number of nitrogens with one attached hydrogen (secondary N) is 1. The van der Waals surface area contributed by atoms with Gasteiger partial charge in [0.2, 0.25) is 0 Å². The fraction of sp³-hybridized carbons (Fsp3) is 0.412. The van der Waals surface area contributed by atoms with Crippen LogP contribution in [0, 0.1) is 20.8 Å². The number of hydrogen-bond acceptors (Lipinski definition) is 2. The highest BCUT2D eigenvalue weighted by molar-refractivity contribution is 6.31. The van der Waals surface area contributed by atoms with Crippen molar-refractivity contribution in [3.8, 4) is 5.69 Å². The van der Waals surface area contributed by atoms with Crippen LogP contribution >= 0.6 is 11.6 Å². The minimum absolute atomic E-state index is 0.728. The van der Waals surface area contributed by atoms with E-state index in [-0.39, 0.29) is 0 Å². The number of nitrogens with zero attached hydrogens (tertiary/aromatic N) is 1. The Morgan fingerprint density at radius 3 is 2.71 bits per heavy atom. The summed E-state index contributed by atoms with van der Waals surface area (Å²) < 4.78 is 7.33. The van der Waals surface area contributed by atoms with Crippen LogP contribution < -0.4 is 5.32 Å². The van der Waals surface area contributed by atoms with E-state index >= 15 is 0 Å². The van der Waals surface area contributed by atoms with Crippen molar-refractivity contribution in [3.63, 3.8) is 0 Å². The van der Waals surface area contributed by atoms with Crippen LogP contribution in [0.5, 0.6) is 0 Å². The summed E-state index contributed by atoms with van der Waals surface area (Å²) in [5.74, 6) is 0. The van der Waals surface area contributed by atoms with Gasteiger partial charge in [0.25, 0.3) is 0 Å². The van der Waals surface area contributed by atoms with Crippen LogP contribution in [0.15, 0.2) is 24.3 Å². The first-order chi connectivity index (χ1) is 10.1. The number of hydrogen-bond donors (Lipinski definition) is 1. The molecular weight excluding hydrogens is 284 g/mol. The maximum atomic E-state index is 6.25. The largest absolute Gasteiger partial charge is 0.383 e. The van der Waals surface area contributed by atoms with Gasteiger partial charge in [0.1, 0.15) is 0 Å². The molecule has 1 aromatic heterocycles. The molecule has 21 heavy (non-hydrogen) atoms. The van der Waals surface area contributed by atoms with Gasteiger partial charge in [-0.25, -0.2) is 0 Å². The molecule has 4 heteroatoms. The van der Waals surface area contributed by atoms with E-state index in [4.69, 9.17) is 16.3 Å². The molecule has 114 valence electrons. The molecule has 2 aromatic rings. The Morgan fingerprint density at radius 2 is 2.00 bits per heavy atom. The van der Waals surface area contributed by atoms with Crippen molar-refractivity contribution in [2.24, 2.45) is 0 Å². The van der Waals surface area contributed by atoms with Gasteiger partial charge in [0.15, 0.2) is 0 Å². The summed E-state index contributed by atoms with van der Waals surface area (Å²) in [5, 5.41) is 4.20. The average Bonchev–Trinajstić information content (AvgIpc) is 2.73. The standard InChI is InChI=1S/C17H23ClN2O/c1-12-10-15(11-19-8-9-21-4)14(3)20(12)17-7-5-6-16(18)13(17)2/h5-7,10,19H,8-9,11H2,1-4H3. The van der Waals surface area contributed by atoms with Crippen molar-refractivity contribution < 1.29 is 4.74 Å². The van der Waals surface area contributed by atoms with Crippen molar-refractivity contribution in [1.82, 2.24) is 9.88 Å². The van der Waals surface area contributed by atoms with Gasteiger partial charge in [-0.2, -0.15) is 0 Å². The second kappa shape index (κ2) is 7.12. The Kier molecular flexibility index (Phi) is 5.45. The summed E-state index contributed by atoms with van der Waals surface area (Å²) in [4.78, 5) is 0. The molecule has 1 aromatic carbocycles. The van der Waals surface area contributed by atoms with E-state index in [9.17, 15) is 0 Å². The normalized spacial score (nSPS) is 11.1. The molecule has 0 aliphatic heterocycles. The first kappa shape index (κ1) is 16.1. The molecule has 3 nitrogen and oxygen atoms in total. The molecular formula is C17H23ClN2O. The van der Waals surface area contributed by atoms with E-state index < -0.39 is 0 Å². The minimum Gasteiger partial charge on any atom is -0.383 e. The van der Waals surface area contributed by atoms with Crippen molar-refractivity contribution >= 4 is 11.6 Å². The molecule has 0 saturated carbocycles. The van der Waals surface area contributed by atoms with Crippen molar-refractivity contribution in [3.05, 3.63) is 51.8 Å². The monoisotopic (exact) mass is 306 g/mol. The molecule has 0 unspecified atom stereocenters. The highest BCUT2D eigenvalue weighted by Crippen LogP contribution is 2.27. The van der Waals surface area contributed by atoms with Crippen molar-refractivity contribution in [2.45, 2.75) is 27.3 Å². The number of halogens is 1. The molecule has 0 amide bonds. The lowest BCUT2D eigenvalue weighted by atomic mass is 10.2. The zero-order valence-electron chi connectivity index (χ0n) is 13.2. The SMILES string of the molecule is COCCNCc1cc(C)n(-c2cccc(Cl)c2C)c1C. The van der Waals surface area contributed by atoms with Crippen LogP contribution in [0.1, 0.15) is 22.5 Å². The first-order valence-electron chi connectivity index (χ1n) is 7.19. The Bertz CT molecular complexity index is 619. The van der Waals surface area contributed by atoms with Crippen molar-refractivity contribution in [1.29, 1.82) is 0 Å². The molecule has 1 N–H and O–H groups in total. The lowest BCUT2D eigenvalue weighted by molar-refractivity contribution is 0.199. The first-order valence-corrected chi connectivity index (χ1v) is 7.57. The van der Waals surface area contributed by atoms with Gasteiger partial charge in [-0.15, -0.1) is 0 Å². The third-order valence-corrected chi connectivity index (χ3v) is 4.22. The zero-order chi connectivity index (χ0) is 15.4. The van der Waals surface area contributed by atoms with E-state index in [1.807, 2.05) is 12.1 Å². The number of methoxy groups -OCH3 is 1. The molecule has 0 radical (unpaired) electrons. The van der Waals surface area contributed by atoms with Crippen molar-refractivity contribution in [2.75, 3.05) is 20.3 Å². The molecule has 0 aliphatic rings. The third-order valence-electron chi connectivity index (χ3n) is 3.81. The maximum Gasteiger partial charge on any atom is 0.0587 e. The Morgan fingerprint density at radius 1 is 1.24 bits per heavy atom. The van der Waals surface area contributed by atoms with Gasteiger partial charge in [0.05, 0.1) is 6.61 Å². The van der Waals surface area contributed by atoms with E-state index in [0.29, 0.717) is 0 Å². The molecule has 0 bridgehead atoms. The van der Waals surface area contributed by atoms with Gasteiger partial charge in [0, 0.05) is 42.3 Å². The van der Waals surface area contributed by atoms with E-state index in [0.717, 1.165) is 36.0 Å². The molecule has 0 aliphatic carbocycles. The second-order valence-electron chi connectivity index (χ2n) is 5.29. The number of ether oxygens (including phenoxy) is 1. The number of benzene rings is 1. The maximum absolute atomic E-state index is 6.25. The topological polar surface area (TPSA) is 26.2 Å². The van der Waals surface area contributed by atoms with Gasteiger partial charge >= 0.3 is 0 Å². The van der Waals surface area contributed by atoms with Crippen LogP contribution in [0.3, 0.4) is 0 Å². The fourth-order valence-corrected chi connectivity index (χ4v) is 2.78. The average molecular weight is 307 g/mol. The predicted molar refractivity (Wildman–Crippen MR) is 88.6 cm³/mol. The van der Waals surface area contributed by atoms with Crippen LogP contribution in [-0.2, 0) is 11.3 Å². The fourth-order valence-electron chi connectivity index (χ4n) is 2.61. The number of rotatable bonds is 6. The van der Waals surface area contributed by atoms with E-state index in [1.54, 1.807) is 7.11 Å². The van der Waals surface area contributed by atoms with Gasteiger partial charge < -0.3 is 14.6 Å². The summed E-state index contributed by atoms with van der Waals surface area (Å²) >= 11 is 6.25. The number of aromatic nitrogens is 1. The summed E-state index contributed by atoms with van der Waals surface area (Å²) in [6.45, 7) is 8.78. The minimum atomic E-state index is 0.728. The van der Waals surface area contributed by atoms with Crippen LogP contribution in [0.25, 0.3) is 5.69 Å². The summed E-state index contributed by atoms with van der Waals surface area (Å²) in [6, 6.07) is 8.28. The summed E-state index contributed by atoms with van der Waals surface area (Å²) in [6.07, 6.45) is 0. The van der Waals surface area contributed by atoms with E-state index in [1.165, 1.54) is 17.0 Å². The second-order valence-corrected chi connectivity index (χ2v) is 5.69. The summed E-state index contributed by atoms with van der Waals surface area (Å²) in [7, 11) is 1.72. The van der Waals surface area contributed by atoms with Gasteiger partial charge in [-0.1, -0.05) is 17.7 Å². The molecule has 0 fully saturated rings. The molecule has 0 atom stereocenters. The highest BCUT2D eigenvalue weighted by Gasteiger charge is 2.13. The van der Waals surface area contributed by atoms with E-state index in [2.05, 4.69) is 42.8 Å². The molecule has 2 rings (SSSR count). The van der Waals surface area contributed by atoms with Crippen LogP contribution in [0.2, 0.25) is 5.02 Å². The van der Waals surface area contributed by atoms with Crippen LogP contribution in [0.4, 0.5) is 0 Å². The summed E-state index contributed by atoms with van der Waals surface area (Å²) in [5.41, 5.74) is 6.05. The van der Waals surface area contributed by atoms with Crippen LogP contribution in [-0.4, -0.2) is 24.8 Å². The lowest BCUT2D eigenvalue weighted by Gasteiger charge is -2.14. The van der Waals surface area contributed by atoms with Gasteiger partial charge in [-0.05, 0) is 50.1 Å². The smallest absolute Gasteiger partial charge is 0.0587 e. The molecule has 0 saturated heterocycles. The predicted octanol–water partition coefficient (Wildman–Crippen LogP) is 3.79. The quantitative estimate of drug-likeness (QED) is 0.822. The molecule has 1 heterocycles. The molecule has 0 spiro atoms. The Balaban J connectivity index is 2.29. The highest BCUT2D eigenvalue weighted by atomic mass is 35.5. The lowest BCUT2D eigenvalue weighted by Crippen LogP contribution is -2.18. The Hall–Kier alpha value is -1.29. The Labute approximate surface area is 131 Å². The van der Waals surface area contributed by atoms with Gasteiger partial charge in [-0.3, -0.25) is 0 Å². The third kappa shape index (κ3) is 3.49. The zero-order valence-corrected chi connectivity index (χ0v) is 13.9. The number of aryl methyl sites for hydroxylation is 1.